The van der Waals surface area contributed by atoms with E-state index < -0.39 is 11.7 Å². The molecular weight excluding hydrogens is 295 g/mol. The highest BCUT2D eigenvalue weighted by molar-refractivity contribution is 6.22. The smallest absolute Gasteiger partial charge is 0.274 e. The molecule has 1 aliphatic heterocycles. The van der Waals surface area contributed by atoms with Crippen molar-refractivity contribution in [2.45, 2.75) is 25.4 Å². The number of amides is 2. The van der Waals surface area contributed by atoms with Gasteiger partial charge >= 0.3 is 6.18 Å². The molecule has 2 aliphatic carbocycles. The summed E-state index contributed by atoms with van der Waals surface area (Å²) >= 11 is 0. The van der Waals surface area contributed by atoms with Gasteiger partial charge in [-0.15, -0.1) is 0 Å². The third-order valence-electron chi connectivity index (χ3n) is 5.36. The van der Waals surface area contributed by atoms with Crippen LogP contribution < -0.4 is 4.90 Å². The summed E-state index contributed by atoms with van der Waals surface area (Å²) in [4.78, 5) is 26.1. The summed E-state index contributed by atoms with van der Waals surface area (Å²) in [5, 5.41) is 0. The summed E-state index contributed by atoms with van der Waals surface area (Å²) in [6, 6.07) is 4.47. The van der Waals surface area contributed by atoms with Crippen molar-refractivity contribution in [3.8, 4) is 0 Å². The summed E-state index contributed by atoms with van der Waals surface area (Å²) in [6.45, 7) is 0. The van der Waals surface area contributed by atoms with Crippen molar-refractivity contribution in [2.24, 2.45) is 23.7 Å². The van der Waals surface area contributed by atoms with Crippen molar-refractivity contribution < 1.29 is 22.8 Å². The van der Waals surface area contributed by atoms with Gasteiger partial charge in [-0.3, -0.25) is 14.5 Å². The van der Waals surface area contributed by atoms with Gasteiger partial charge in [0.15, 0.2) is 0 Å². The zero-order valence-electron chi connectivity index (χ0n) is 11.6. The predicted molar refractivity (Wildman–Crippen MR) is 71.7 cm³/mol. The lowest BCUT2D eigenvalue weighted by Gasteiger charge is -2.19. The Morgan fingerprint density at radius 2 is 1.59 bits per heavy atom. The lowest BCUT2D eigenvalue weighted by molar-refractivity contribution is -0.137. The van der Waals surface area contributed by atoms with Crippen molar-refractivity contribution in [3.63, 3.8) is 0 Å². The van der Waals surface area contributed by atoms with Crippen LogP contribution in [0.1, 0.15) is 24.8 Å². The van der Waals surface area contributed by atoms with E-state index in [1.165, 1.54) is 12.1 Å². The number of hydrogen-bond acceptors (Lipinski definition) is 2. The van der Waals surface area contributed by atoms with E-state index in [1.54, 1.807) is 0 Å². The van der Waals surface area contributed by atoms with Crippen LogP contribution in [-0.2, 0) is 15.8 Å². The van der Waals surface area contributed by atoms with Crippen LogP contribution in [0.3, 0.4) is 0 Å². The molecule has 3 nitrogen and oxygen atoms in total. The van der Waals surface area contributed by atoms with Gasteiger partial charge in [0.05, 0.1) is 23.1 Å². The maximum absolute atomic E-state index is 12.8. The van der Waals surface area contributed by atoms with Crippen molar-refractivity contribution >= 4 is 17.5 Å². The fourth-order valence-corrected chi connectivity index (χ4v) is 4.48. The Balaban J connectivity index is 1.72. The standard InChI is InChI=1S/C16H14F3NO2/c17-16(18,19)10-2-1-3-11(7-10)20-14(21)12-8-4-5-9(6-8)13(12)15(20)22/h1-3,7-9,12-13H,4-6H2/t8-,9-,12-,13+/m1/s1. The minimum absolute atomic E-state index is 0.0404. The van der Waals surface area contributed by atoms with Gasteiger partial charge < -0.3 is 0 Å². The van der Waals surface area contributed by atoms with Crippen LogP contribution in [-0.4, -0.2) is 11.8 Å². The lowest BCUT2D eigenvalue weighted by Crippen LogP contribution is -2.32. The molecular formula is C16H14F3NO2. The van der Waals surface area contributed by atoms with Crippen LogP contribution in [0.15, 0.2) is 24.3 Å². The van der Waals surface area contributed by atoms with Gasteiger partial charge in [-0.25, -0.2) is 0 Å². The number of nitrogens with zero attached hydrogens (tertiary/aromatic N) is 1. The largest absolute Gasteiger partial charge is 0.416 e. The summed E-state index contributed by atoms with van der Waals surface area (Å²) in [6.07, 6.45) is -1.69. The monoisotopic (exact) mass is 309 g/mol. The molecule has 0 N–H and O–H groups in total. The molecule has 6 heteroatoms. The molecule has 3 fully saturated rings. The van der Waals surface area contributed by atoms with E-state index in [1.807, 2.05) is 0 Å². The summed E-state index contributed by atoms with van der Waals surface area (Å²) in [5.74, 6) is -0.825. The SMILES string of the molecule is O=C1[C@@H]2[C@@H]3CC[C@H](C3)[C@@H]2C(=O)N1c1cccc(C(F)(F)F)c1. The molecule has 116 valence electrons. The molecule has 3 aliphatic rings. The van der Waals surface area contributed by atoms with Crippen LogP contribution in [0.4, 0.5) is 18.9 Å². The van der Waals surface area contributed by atoms with Crippen LogP contribution in [0, 0.1) is 23.7 Å². The van der Waals surface area contributed by atoms with Gasteiger partial charge in [0.1, 0.15) is 0 Å². The van der Waals surface area contributed by atoms with E-state index in [9.17, 15) is 22.8 Å². The molecule has 0 spiro atoms. The van der Waals surface area contributed by atoms with Crippen LogP contribution >= 0.6 is 0 Å². The summed E-state index contributed by atoms with van der Waals surface area (Å²) < 4.78 is 38.5. The van der Waals surface area contributed by atoms with Gasteiger partial charge in [-0.2, -0.15) is 13.2 Å². The average molecular weight is 309 g/mol. The third kappa shape index (κ3) is 1.76. The molecule has 0 radical (unpaired) electrons. The molecule has 1 aromatic rings. The normalized spacial score (nSPS) is 33.7. The summed E-state index contributed by atoms with van der Waals surface area (Å²) in [7, 11) is 0. The summed E-state index contributed by atoms with van der Waals surface area (Å²) in [5.41, 5.74) is -0.802. The van der Waals surface area contributed by atoms with Gasteiger partial charge in [0, 0.05) is 0 Å². The first-order chi connectivity index (χ1) is 10.4. The van der Waals surface area contributed by atoms with E-state index in [4.69, 9.17) is 0 Å². The lowest BCUT2D eigenvalue weighted by atomic mass is 9.81. The van der Waals surface area contributed by atoms with Gasteiger partial charge in [0.25, 0.3) is 0 Å². The highest BCUT2D eigenvalue weighted by Gasteiger charge is 2.61. The number of carbonyl (C=O) groups excluding carboxylic acids is 2. The molecule has 4 rings (SSSR count). The first kappa shape index (κ1) is 13.8. The molecule has 2 amide bonds. The fourth-order valence-electron chi connectivity index (χ4n) is 4.48. The van der Waals surface area contributed by atoms with Crippen molar-refractivity contribution in [2.75, 3.05) is 4.90 Å². The number of halogens is 3. The topological polar surface area (TPSA) is 37.4 Å². The molecule has 1 saturated heterocycles. The van der Waals surface area contributed by atoms with Gasteiger partial charge in [-0.1, -0.05) is 6.07 Å². The highest BCUT2D eigenvalue weighted by Crippen LogP contribution is 2.56. The molecule has 0 unspecified atom stereocenters. The maximum atomic E-state index is 12.8. The Morgan fingerprint density at radius 3 is 2.14 bits per heavy atom. The Morgan fingerprint density at radius 1 is 1.00 bits per heavy atom. The molecule has 2 saturated carbocycles. The predicted octanol–water partition coefficient (Wildman–Crippen LogP) is 3.24. The van der Waals surface area contributed by atoms with Crippen molar-refractivity contribution in [1.29, 1.82) is 0 Å². The number of benzene rings is 1. The molecule has 0 aromatic heterocycles. The number of hydrogen-bond donors (Lipinski definition) is 0. The van der Waals surface area contributed by atoms with E-state index in [2.05, 4.69) is 0 Å². The van der Waals surface area contributed by atoms with Crippen LogP contribution in [0.25, 0.3) is 0 Å². The minimum Gasteiger partial charge on any atom is -0.274 e. The van der Waals surface area contributed by atoms with E-state index in [-0.39, 0.29) is 41.2 Å². The van der Waals surface area contributed by atoms with E-state index in [0.717, 1.165) is 36.3 Å². The molecule has 2 bridgehead atoms. The number of alkyl halides is 3. The number of carbonyl (C=O) groups is 2. The minimum atomic E-state index is -4.49. The Bertz CT molecular complexity index is 642. The second kappa shape index (κ2) is 4.33. The molecule has 22 heavy (non-hydrogen) atoms. The Kier molecular flexibility index (Phi) is 2.72. The van der Waals surface area contributed by atoms with Crippen molar-refractivity contribution in [1.82, 2.24) is 0 Å². The Hall–Kier alpha value is -1.85. The zero-order chi connectivity index (χ0) is 15.6. The average Bonchev–Trinajstić information content (AvgIpc) is 3.12. The quantitative estimate of drug-likeness (QED) is 0.747. The molecule has 4 atom stereocenters. The van der Waals surface area contributed by atoms with Crippen molar-refractivity contribution in [3.05, 3.63) is 29.8 Å². The van der Waals surface area contributed by atoms with E-state index >= 15 is 0 Å². The Labute approximate surface area is 125 Å². The first-order valence-electron chi connectivity index (χ1n) is 7.43. The number of rotatable bonds is 1. The zero-order valence-corrected chi connectivity index (χ0v) is 11.6. The fraction of sp³-hybridized carbons (Fsp3) is 0.500. The number of anilines is 1. The van der Waals surface area contributed by atoms with Gasteiger partial charge in [-0.05, 0) is 49.3 Å². The maximum Gasteiger partial charge on any atom is 0.416 e. The number of imide groups is 1. The third-order valence-corrected chi connectivity index (χ3v) is 5.36. The first-order valence-corrected chi connectivity index (χ1v) is 7.43. The van der Waals surface area contributed by atoms with Gasteiger partial charge in [0.2, 0.25) is 11.8 Å². The van der Waals surface area contributed by atoms with Crippen LogP contribution in [0.5, 0.6) is 0 Å². The number of fused-ring (bicyclic) bond motifs is 5. The highest BCUT2D eigenvalue weighted by atomic mass is 19.4. The molecule has 1 heterocycles. The van der Waals surface area contributed by atoms with Crippen LogP contribution in [0.2, 0.25) is 0 Å². The molecule has 1 aromatic carbocycles. The van der Waals surface area contributed by atoms with E-state index in [0.29, 0.717) is 0 Å². The second-order valence-corrected chi connectivity index (χ2v) is 6.44. The second-order valence-electron chi connectivity index (χ2n) is 6.44.